The third-order valence-electron chi connectivity index (χ3n) is 5.34. The van der Waals surface area contributed by atoms with E-state index in [1.54, 1.807) is 48.0 Å². The minimum Gasteiger partial charge on any atom is -0.383 e. The second-order valence-electron chi connectivity index (χ2n) is 7.36. The van der Waals surface area contributed by atoms with Gasteiger partial charge in [-0.25, -0.2) is 9.37 Å². The molecule has 1 heterocycles. The van der Waals surface area contributed by atoms with E-state index < -0.39 is 11.9 Å². The van der Waals surface area contributed by atoms with Crippen molar-refractivity contribution < 1.29 is 18.7 Å². The normalized spacial score (nSPS) is 12.1. The Balaban J connectivity index is 2.15. The molecule has 3 rings (SSSR count). The maximum Gasteiger partial charge on any atom is 0.261 e. The highest BCUT2D eigenvalue weighted by Crippen LogP contribution is 2.26. The van der Waals surface area contributed by atoms with Crippen LogP contribution in [0.4, 0.5) is 4.39 Å². The van der Waals surface area contributed by atoms with Crippen LogP contribution in [0.25, 0.3) is 10.9 Å². The molecule has 0 spiro atoms. The van der Waals surface area contributed by atoms with Crippen molar-refractivity contribution >= 4 is 16.8 Å². The molecule has 2 aromatic carbocycles. The summed E-state index contributed by atoms with van der Waals surface area (Å²) in [5.74, 6) is -0.375. The smallest absolute Gasteiger partial charge is 0.261 e. The Morgan fingerprint density at radius 2 is 1.88 bits per heavy atom. The lowest BCUT2D eigenvalue weighted by molar-refractivity contribution is 0.0573. The van der Waals surface area contributed by atoms with Crippen LogP contribution in [0.15, 0.2) is 53.3 Å². The number of carbonyl (C=O) groups excluding carboxylic acids is 1. The Bertz CT molecular complexity index is 1130. The Morgan fingerprint density at radius 1 is 1.12 bits per heavy atom. The van der Waals surface area contributed by atoms with Crippen LogP contribution in [0.1, 0.15) is 35.6 Å². The van der Waals surface area contributed by atoms with Crippen LogP contribution in [-0.2, 0) is 16.0 Å². The average molecular weight is 442 g/mol. The quantitative estimate of drug-likeness (QED) is 0.482. The van der Waals surface area contributed by atoms with Gasteiger partial charge in [-0.1, -0.05) is 25.1 Å². The van der Waals surface area contributed by atoms with Crippen molar-refractivity contribution in [3.05, 3.63) is 76.1 Å². The first kappa shape index (κ1) is 23.6. The van der Waals surface area contributed by atoms with Crippen molar-refractivity contribution in [2.45, 2.75) is 25.9 Å². The number of nitrogens with zero attached hydrogens (tertiary/aromatic N) is 3. The van der Waals surface area contributed by atoms with E-state index in [9.17, 15) is 14.0 Å². The van der Waals surface area contributed by atoms with Crippen LogP contribution >= 0.6 is 0 Å². The first-order valence-corrected chi connectivity index (χ1v) is 10.6. The van der Waals surface area contributed by atoms with Crippen molar-refractivity contribution in [2.75, 3.05) is 34.0 Å². The molecule has 0 fully saturated rings. The lowest BCUT2D eigenvalue weighted by Crippen LogP contribution is -2.41. The predicted octanol–water partition coefficient (Wildman–Crippen LogP) is 3.42. The summed E-state index contributed by atoms with van der Waals surface area (Å²) >= 11 is 0. The largest absolute Gasteiger partial charge is 0.383 e. The van der Waals surface area contributed by atoms with Gasteiger partial charge in [-0.05, 0) is 36.8 Å². The molecule has 7 nitrogen and oxygen atoms in total. The minimum absolute atomic E-state index is 0.189. The van der Waals surface area contributed by atoms with Gasteiger partial charge in [0.1, 0.15) is 11.6 Å². The first-order valence-electron chi connectivity index (χ1n) is 10.6. The second kappa shape index (κ2) is 11.0. The number of benzene rings is 2. The summed E-state index contributed by atoms with van der Waals surface area (Å²) in [4.78, 5) is 33.1. The summed E-state index contributed by atoms with van der Waals surface area (Å²) in [6, 6.07) is 12.2. The highest BCUT2D eigenvalue weighted by molar-refractivity contribution is 5.94. The highest BCUT2D eigenvalue weighted by Gasteiger charge is 2.29. The van der Waals surface area contributed by atoms with Gasteiger partial charge >= 0.3 is 0 Å². The van der Waals surface area contributed by atoms with E-state index in [4.69, 9.17) is 14.5 Å². The third kappa shape index (κ3) is 5.03. The van der Waals surface area contributed by atoms with Crippen LogP contribution < -0.4 is 5.56 Å². The van der Waals surface area contributed by atoms with E-state index in [1.165, 1.54) is 18.2 Å². The lowest BCUT2D eigenvalue weighted by Gasteiger charge is -2.32. The number of para-hydroxylation sites is 1. The standard InChI is InChI=1S/C24H28FN3O4/c1-4-21(27(12-14-31-2)23(29)17-8-7-9-18(25)16-17)22-26-20-11-6-5-10-19(20)24(30)28(22)13-15-32-3/h5-11,16,21H,4,12-15H2,1-3H3. The molecule has 0 N–H and O–H groups in total. The fourth-order valence-corrected chi connectivity index (χ4v) is 3.76. The van der Waals surface area contributed by atoms with Crippen molar-refractivity contribution in [2.24, 2.45) is 0 Å². The second-order valence-corrected chi connectivity index (χ2v) is 7.36. The van der Waals surface area contributed by atoms with E-state index in [2.05, 4.69) is 0 Å². The molecule has 0 saturated carbocycles. The van der Waals surface area contributed by atoms with Gasteiger partial charge in [0.2, 0.25) is 0 Å². The van der Waals surface area contributed by atoms with Crippen LogP contribution in [0, 0.1) is 5.82 Å². The summed E-state index contributed by atoms with van der Waals surface area (Å²) in [5.41, 5.74) is 0.599. The highest BCUT2D eigenvalue weighted by atomic mass is 19.1. The van der Waals surface area contributed by atoms with Crippen LogP contribution in [-0.4, -0.2) is 54.3 Å². The number of halogens is 1. The topological polar surface area (TPSA) is 73.7 Å². The number of rotatable bonds is 10. The van der Waals surface area contributed by atoms with E-state index in [-0.39, 0.29) is 30.2 Å². The Morgan fingerprint density at radius 3 is 2.56 bits per heavy atom. The average Bonchev–Trinajstić information content (AvgIpc) is 2.81. The van der Waals surface area contributed by atoms with Crippen molar-refractivity contribution in [3.63, 3.8) is 0 Å². The molecule has 1 unspecified atom stereocenters. The molecule has 1 aromatic heterocycles. The third-order valence-corrected chi connectivity index (χ3v) is 5.34. The van der Waals surface area contributed by atoms with Crippen molar-refractivity contribution in [1.29, 1.82) is 0 Å². The Kier molecular flexibility index (Phi) is 8.08. The molecule has 1 amide bonds. The predicted molar refractivity (Wildman–Crippen MR) is 120 cm³/mol. The molecular formula is C24H28FN3O4. The number of hydrogen-bond donors (Lipinski definition) is 0. The van der Waals surface area contributed by atoms with Crippen LogP contribution in [0.2, 0.25) is 0 Å². The number of methoxy groups -OCH3 is 2. The van der Waals surface area contributed by atoms with Crippen LogP contribution in [0.5, 0.6) is 0 Å². The lowest BCUT2D eigenvalue weighted by atomic mass is 10.1. The molecule has 0 aliphatic heterocycles. The first-order chi connectivity index (χ1) is 15.5. The number of aromatic nitrogens is 2. The van der Waals surface area contributed by atoms with E-state index in [0.717, 1.165) is 0 Å². The fraction of sp³-hybridized carbons (Fsp3) is 0.375. The summed E-state index contributed by atoms with van der Waals surface area (Å²) < 4.78 is 25.8. The summed E-state index contributed by atoms with van der Waals surface area (Å²) in [7, 11) is 3.11. The number of ether oxygens (including phenoxy) is 2. The Hall–Kier alpha value is -3.10. The molecule has 0 bridgehead atoms. The summed E-state index contributed by atoms with van der Waals surface area (Å²) in [6.45, 7) is 3.08. The number of amides is 1. The van der Waals surface area contributed by atoms with Gasteiger partial charge in [-0.3, -0.25) is 14.2 Å². The SMILES string of the molecule is CCC(c1nc2ccccc2c(=O)n1CCOC)N(CCOC)C(=O)c1cccc(F)c1. The van der Waals surface area contributed by atoms with E-state index in [0.29, 0.717) is 36.3 Å². The fourth-order valence-electron chi connectivity index (χ4n) is 3.76. The van der Waals surface area contributed by atoms with Crippen molar-refractivity contribution in [3.8, 4) is 0 Å². The molecular weight excluding hydrogens is 413 g/mol. The zero-order valence-corrected chi connectivity index (χ0v) is 18.6. The molecule has 0 radical (unpaired) electrons. The molecule has 0 saturated heterocycles. The van der Waals surface area contributed by atoms with Gasteiger partial charge in [-0.15, -0.1) is 0 Å². The molecule has 0 aliphatic rings. The maximum atomic E-state index is 13.8. The molecule has 170 valence electrons. The molecule has 32 heavy (non-hydrogen) atoms. The maximum absolute atomic E-state index is 13.8. The zero-order valence-electron chi connectivity index (χ0n) is 18.6. The minimum atomic E-state index is -0.518. The zero-order chi connectivity index (χ0) is 23.1. The van der Waals surface area contributed by atoms with Gasteiger partial charge in [0, 0.05) is 26.3 Å². The molecule has 1 atom stereocenters. The number of fused-ring (bicyclic) bond motifs is 1. The van der Waals surface area contributed by atoms with Crippen LogP contribution in [0.3, 0.4) is 0 Å². The van der Waals surface area contributed by atoms with E-state index in [1.807, 2.05) is 13.0 Å². The molecule has 3 aromatic rings. The molecule has 8 heteroatoms. The Labute approximate surface area is 186 Å². The van der Waals surface area contributed by atoms with Gasteiger partial charge in [0.05, 0.1) is 36.7 Å². The van der Waals surface area contributed by atoms with Gasteiger partial charge < -0.3 is 14.4 Å². The monoisotopic (exact) mass is 441 g/mol. The van der Waals surface area contributed by atoms with Gasteiger partial charge in [0.25, 0.3) is 11.5 Å². The van der Waals surface area contributed by atoms with E-state index >= 15 is 0 Å². The van der Waals surface area contributed by atoms with Crippen molar-refractivity contribution in [1.82, 2.24) is 14.5 Å². The molecule has 0 aliphatic carbocycles. The van der Waals surface area contributed by atoms with Gasteiger partial charge in [-0.2, -0.15) is 0 Å². The number of carbonyl (C=O) groups is 1. The summed E-state index contributed by atoms with van der Waals surface area (Å²) in [5, 5.41) is 0.502. The number of hydrogen-bond acceptors (Lipinski definition) is 5. The summed E-state index contributed by atoms with van der Waals surface area (Å²) in [6.07, 6.45) is 0.503. The van der Waals surface area contributed by atoms with Gasteiger partial charge in [0.15, 0.2) is 0 Å².